The Bertz CT molecular complexity index is 540. The predicted octanol–water partition coefficient (Wildman–Crippen LogP) is 3.34. The van der Waals surface area contributed by atoms with Crippen LogP contribution in [0.2, 0.25) is 5.02 Å². The van der Waals surface area contributed by atoms with E-state index in [1.54, 1.807) is 7.11 Å². The number of methoxy groups -OCH3 is 1. The van der Waals surface area contributed by atoms with Crippen LogP contribution in [0, 0.1) is 6.92 Å². The number of nitrogens with one attached hydrogen (secondary N) is 1. The Morgan fingerprint density at radius 3 is 2.74 bits per heavy atom. The summed E-state index contributed by atoms with van der Waals surface area (Å²) in [6.45, 7) is 3.39. The van der Waals surface area contributed by atoms with Gasteiger partial charge in [-0.15, -0.1) is 0 Å². The first-order valence-electron chi connectivity index (χ1n) is 6.14. The summed E-state index contributed by atoms with van der Waals surface area (Å²) in [6.07, 6.45) is 1.88. The van der Waals surface area contributed by atoms with Crippen LogP contribution in [0.5, 0.6) is 5.75 Å². The average molecular weight is 277 g/mol. The second-order valence-corrected chi connectivity index (χ2v) is 4.74. The number of hydrogen-bond acceptors (Lipinski definition) is 3. The minimum Gasteiger partial charge on any atom is -0.496 e. The summed E-state index contributed by atoms with van der Waals surface area (Å²) < 4.78 is 5.31. The zero-order valence-electron chi connectivity index (χ0n) is 11.1. The Hall–Kier alpha value is -1.58. The van der Waals surface area contributed by atoms with E-state index in [0.717, 1.165) is 29.1 Å². The van der Waals surface area contributed by atoms with Crippen LogP contribution in [0.3, 0.4) is 0 Å². The van der Waals surface area contributed by atoms with E-state index in [-0.39, 0.29) is 0 Å². The quantitative estimate of drug-likeness (QED) is 0.909. The molecule has 19 heavy (non-hydrogen) atoms. The van der Waals surface area contributed by atoms with Gasteiger partial charge in [0.1, 0.15) is 5.75 Å². The van der Waals surface area contributed by atoms with E-state index in [1.165, 1.54) is 0 Å². The molecular formula is C15H17ClN2O. The van der Waals surface area contributed by atoms with Gasteiger partial charge in [-0.25, -0.2) is 0 Å². The molecular weight excluding hydrogens is 260 g/mol. The summed E-state index contributed by atoms with van der Waals surface area (Å²) >= 11 is 6.18. The van der Waals surface area contributed by atoms with Crippen LogP contribution in [-0.2, 0) is 13.1 Å². The number of ether oxygens (including phenoxy) is 1. The van der Waals surface area contributed by atoms with Crippen LogP contribution in [-0.4, -0.2) is 12.1 Å². The number of benzene rings is 1. The highest BCUT2D eigenvalue weighted by atomic mass is 35.5. The van der Waals surface area contributed by atoms with E-state index >= 15 is 0 Å². The fourth-order valence-electron chi connectivity index (χ4n) is 1.84. The maximum atomic E-state index is 6.18. The van der Waals surface area contributed by atoms with Crippen LogP contribution in [0.15, 0.2) is 36.5 Å². The van der Waals surface area contributed by atoms with Gasteiger partial charge in [-0.3, -0.25) is 4.98 Å². The molecule has 4 heteroatoms. The van der Waals surface area contributed by atoms with E-state index in [4.69, 9.17) is 16.3 Å². The molecule has 0 atom stereocenters. The maximum absolute atomic E-state index is 6.18. The number of nitrogens with zero attached hydrogens (tertiary/aromatic N) is 1. The van der Waals surface area contributed by atoms with Crippen LogP contribution in [0.25, 0.3) is 0 Å². The summed E-state index contributed by atoms with van der Waals surface area (Å²) in [7, 11) is 1.65. The van der Waals surface area contributed by atoms with E-state index in [9.17, 15) is 0 Å². The largest absolute Gasteiger partial charge is 0.496 e. The fraction of sp³-hybridized carbons (Fsp3) is 0.267. The minimum absolute atomic E-state index is 0.663. The summed E-state index contributed by atoms with van der Waals surface area (Å²) in [5.41, 5.74) is 3.15. The SMILES string of the molecule is COc1cccc(Cl)c1CNCc1ccc(C)nc1. The average Bonchev–Trinajstić information content (AvgIpc) is 2.42. The van der Waals surface area contributed by atoms with Gasteiger partial charge in [-0.1, -0.05) is 23.7 Å². The van der Waals surface area contributed by atoms with Crippen LogP contribution >= 0.6 is 11.6 Å². The highest BCUT2D eigenvalue weighted by Gasteiger charge is 2.06. The molecule has 100 valence electrons. The van der Waals surface area contributed by atoms with Crippen molar-refractivity contribution in [2.45, 2.75) is 20.0 Å². The summed E-state index contributed by atoms with van der Waals surface area (Å²) in [6, 6.07) is 9.74. The molecule has 1 heterocycles. The number of aromatic nitrogens is 1. The van der Waals surface area contributed by atoms with E-state index < -0.39 is 0 Å². The normalized spacial score (nSPS) is 10.5. The van der Waals surface area contributed by atoms with E-state index in [0.29, 0.717) is 11.6 Å². The molecule has 1 aromatic heterocycles. The first kappa shape index (κ1) is 13.8. The van der Waals surface area contributed by atoms with Gasteiger partial charge in [0, 0.05) is 35.6 Å². The zero-order chi connectivity index (χ0) is 13.7. The van der Waals surface area contributed by atoms with Gasteiger partial charge in [0.25, 0.3) is 0 Å². The Morgan fingerprint density at radius 1 is 1.21 bits per heavy atom. The van der Waals surface area contributed by atoms with Crippen molar-refractivity contribution in [3.05, 3.63) is 58.4 Å². The van der Waals surface area contributed by atoms with Crippen molar-refractivity contribution in [2.24, 2.45) is 0 Å². The molecule has 2 aromatic rings. The molecule has 0 aliphatic rings. The van der Waals surface area contributed by atoms with Crippen molar-refractivity contribution in [1.82, 2.24) is 10.3 Å². The van der Waals surface area contributed by atoms with Gasteiger partial charge >= 0.3 is 0 Å². The molecule has 0 saturated heterocycles. The first-order valence-corrected chi connectivity index (χ1v) is 6.52. The molecule has 1 aromatic carbocycles. The van der Waals surface area contributed by atoms with Crippen LogP contribution in [0.1, 0.15) is 16.8 Å². The molecule has 2 rings (SSSR count). The van der Waals surface area contributed by atoms with Crippen molar-refractivity contribution >= 4 is 11.6 Å². The third-order valence-electron chi connectivity index (χ3n) is 2.90. The third kappa shape index (κ3) is 3.69. The van der Waals surface area contributed by atoms with E-state index in [1.807, 2.05) is 37.4 Å². The maximum Gasteiger partial charge on any atom is 0.124 e. The molecule has 0 fully saturated rings. The Kier molecular flexibility index (Phi) is 4.77. The number of hydrogen-bond donors (Lipinski definition) is 1. The summed E-state index contributed by atoms with van der Waals surface area (Å²) in [5, 5.41) is 4.07. The lowest BCUT2D eigenvalue weighted by Crippen LogP contribution is -2.14. The van der Waals surface area contributed by atoms with Gasteiger partial charge in [0.05, 0.1) is 7.11 Å². The van der Waals surface area contributed by atoms with Gasteiger partial charge in [-0.2, -0.15) is 0 Å². The van der Waals surface area contributed by atoms with Gasteiger partial charge in [0.2, 0.25) is 0 Å². The highest BCUT2D eigenvalue weighted by Crippen LogP contribution is 2.25. The van der Waals surface area contributed by atoms with E-state index in [2.05, 4.69) is 16.4 Å². The topological polar surface area (TPSA) is 34.1 Å². The second kappa shape index (κ2) is 6.55. The molecule has 0 aliphatic carbocycles. The van der Waals surface area contributed by atoms with Gasteiger partial charge in [-0.05, 0) is 30.7 Å². The lowest BCUT2D eigenvalue weighted by molar-refractivity contribution is 0.407. The molecule has 0 bridgehead atoms. The minimum atomic E-state index is 0.663. The summed E-state index contributed by atoms with van der Waals surface area (Å²) in [5.74, 6) is 0.807. The molecule has 0 aliphatic heterocycles. The molecule has 1 N–H and O–H groups in total. The molecule has 0 radical (unpaired) electrons. The van der Waals surface area contributed by atoms with Crippen molar-refractivity contribution in [3.8, 4) is 5.75 Å². The molecule has 0 unspecified atom stereocenters. The smallest absolute Gasteiger partial charge is 0.124 e. The molecule has 0 saturated carbocycles. The van der Waals surface area contributed by atoms with Crippen molar-refractivity contribution < 1.29 is 4.74 Å². The monoisotopic (exact) mass is 276 g/mol. The standard InChI is InChI=1S/C15H17ClN2O/c1-11-6-7-12(9-18-11)8-17-10-13-14(16)4-3-5-15(13)19-2/h3-7,9,17H,8,10H2,1-2H3. The molecule has 0 amide bonds. The Balaban J connectivity index is 1.97. The van der Waals surface area contributed by atoms with Gasteiger partial charge in [0.15, 0.2) is 0 Å². The first-order chi connectivity index (χ1) is 9.20. The highest BCUT2D eigenvalue weighted by molar-refractivity contribution is 6.31. The molecule has 3 nitrogen and oxygen atoms in total. The van der Waals surface area contributed by atoms with Gasteiger partial charge < -0.3 is 10.1 Å². The van der Waals surface area contributed by atoms with Crippen LogP contribution < -0.4 is 10.1 Å². The van der Waals surface area contributed by atoms with Crippen molar-refractivity contribution in [2.75, 3.05) is 7.11 Å². The molecule has 0 spiro atoms. The Morgan fingerprint density at radius 2 is 2.05 bits per heavy atom. The predicted molar refractivity (Wildman–Crippen MR) is 77.5 cm³/mol. The van der Waals surface area contributed by atoms with Crippen LogP contribution in [0.4, 0.5) is 0 Å². The lowest BCUT2D eigenvalue weighted by atomic mass is 10.2. The zero-order valence-corrected chi connectivity index (χ0v) is 11.9. The second-order valence-electron chi connectivity index (χ2n) is 4.33. The number of pyridine rings is 1. The fourth-order valence-corrected chi connectivity index (χ4v) is 2.07. The number of halogens is 1. The number of aryl methyl sites for hydroxylation is 1. The third-order valence-corrected chi connectivity index (χ3v) is 3.25. The lowest BCUT2D eigenvalue weighted by Gasteiger charge is -2.11. The number of rotatable bonds is 5. The van der Waals surface area contributed by atoms with Crippen molar-refractivity contribution in [3.63, 3.8) is 0 Å². The summed E-state index contributed by atoms with van der Waals surface area (Å²) in [4.78, 5) is 4.27. The Labute approximate surface area is 118 Å². The van der Waals surface area contributed by atoms with Crippen molar-refractivity contribution in [1.29, 1.82) is 0 Å².